The summed E-state index contributed by atoms with van der Waals surface area (Å²) in [6.07, 6.45) is 0.0213. The average Bonchev–Trinajstić information content (AvgIpc) is 2.79. The van der Waals surface area contributed by atoms with Crippen LogP contribution in [0.4, 0.5) is 0 Å². The smallest absolute Gasteiger partial charge is 0.252 e. The molecule has 1 fully saturated rings. The molecule has 3 rings (SSSR count). The molecule has 1 aliphatic heterocycles. The third-order valence-electron chi connectivity index (χ3n) is 5.28. The number of benzene rings is 2. The molecule has 2 aromatic rings. The third kappa shape index (κ3) is 8.12. The van der Waals surface area contributed by atoms with Gasteiger partial charge in [0.1, 0.15) is 12.2 Å². The summed E-state index contributed by atoms with van der Waals surface area (Å²) in [6, 6.07) is 16.7. The lowest BCUT2D eigenvalue weighted by Crippen LogP contribution is -2.52. The van der Waals surface area contributed by atoms with E-state index >= 15 is 0 Å². The van der Waals surface area contributed by atoms with E-state index in [1.807, 2.05) is 44.2 Å². The zero-order chi connectivity index (χ0) is 23.7. The number of amides is 2. The monoisotopic (exact) mass is 474 g/mol. The molecule has 0 unspecified atom stereocenters. The van der Waals surface area contributed by atoms with Crippen molar-refractivity contribution in [2.75, 3.05) is 26.3 Å². The van der Waals surface area contributed by atoms with Crippen LogP contribution in [-0.2, 0) is 25.4 Å². The summed E-state index contributed by atoms with van der Waals surface area (Å²) in [6.45, 7) is 4.78. The van der Waals surface area contributed by atoms with Crippen molar-refractivity contribution < 1.29 is 23.8 Å². The lowest BCUT2D eigenvalue weighted by molar-refractivity contribution is -0.277. The van der Waals surface area contributed by atoms with Crippen LogP contribution >= 0.6 is 11.6 Å². The fourth-order valence-corrected chi connectivity index (χ4v) is 3.79. The van der Waals surface area contributed by atoms with Crippen molar-refractivity contribution in [3.8, 4) is 0 Å². The second kappa shape index (κ2) is 12.1. The van der Waals surface area contributed by atoms with Crippen LogP contribution in [-0.4, -0.2) is 56.1 Å². The molecular formula is C25H31ClN2O5. The first-order valence-corrected chi connectivity index (χ1v) is 11.5. The first-order valence-electron chi connectivity index (χ1n) is 11.1. The van der Waals surface area contributed by atoms with E-state index in [1.54, 1.807) is 24.3 Å². The van der Waals surface area contributed by atoms with Crippen LogP contribution in [0.2, 0.25) is 5.02 Å². The maximum Gasteiger partial charge on any atom is 0.252 e. The second-order valence-electron chi connectivity index (χ2n) is 8.29. The van der Waals surface area contributed by atoms with Crippen molar-refractivity contribution in [2.45, 2.75) is 44.7 Å². The Labute approximate surface area is 199 Å². The zero-order valence-electron chi connectivity index (χ0n) is 19.0. The highest BCUT2D eigenvalue weighted by molar-refractivity contribution is 6.33. The molecule has 33 heavy (non-hydrogen) atoms. The van der Waals surface area contributed by atoms with E-state index in [2.05, 4.69) is 10.6 Å². The number of nitrogens with one attached hydrogen (secondary N) is 2. The molecule has 1 saturated heterocycles. The van der Waals surface area contributed by atoms with Gasteiger partial charge >= 0.3 is 0 Å². The summed E-state index contributed by atoms with van der Waals surface area (Å²) >= 11 is 6.13. The van der Waals surface area contributed by atoms with Crippen LogP contribution in [0.25, 0.3) is 0 Å². The van der Waals surface area contributed by atoms with Gasteiger partial charge in [-0.05, 0) is 38.0 Å². The number of hydrogen-bond donors (Lipinski definition) is 2. The zero-order valence-corrected chi connectivity index (χ0v) is 19.8. The topological polar surface area (TPSA) is 85.9 Å². The number of carbonyl (C=O) groups is 2. The van der Waals surface area contributed by atoms with Gasteiger partial charge in [-0.25, -0.2) is 0 Å². The largest absolute Gasteiger partial charge is 0.371 e. The van der Waals surface area contributed by atoms with Crippen molar-refractivity contribution in [1.82, 2.24) is 10.6 Å². The Kier molecular flexibility index (Phi) is 9.26. The molecule has 0 aliphatic carbocycles. The molecule has 0 bridgehead atoms. The molecule has 1 heterocycles. The van der Waals surface area contributed by atoms with Crippen LogP contribution in [0, 0.1) is 0 Å². The van der Waals surface area contributed by atoms with Gasteiger partial charge in [-0.15, -0.1) is 0 Å². The number of carbonyl (C=O) groups excluding carboxylic acids is 2. The number of hydrogen-bond acceptors (Lipinski definition) is 5. The highest BCUT2D eigenvalue weighted by Crippen LogP contribution is 2.20. The number of aryl methyl sites for hydroxylation is 1. The molecule has 178 valence electrons. The molecule has 2 amide bonds. The lowest BCUT2D eigenvalue weighted by Gasteiger charge is -2.37. The fraction of sp³-hybridized carbons (Fsp3) is 0.440. The lowest BCUT2D eigenvalue weighted by atomic mass is 10.1. The van der Waals surface area contributed by atoms with Crippen LogP contribution in [0.5, 0.6) is 0 Å². The van der Waals surface area contributed by atoms with Crippen LogP contribution < -0.4 is 10.6 Å². The molecular weight excluding hydrogens is 444 g/mol. The van der Waals surface area contributed by atoms with Gasteiger partial charge in [0.05, 0.1) is 23.8 Å². The van der Waals surface area contributed by atoms with Crippen LogP contribution in [0.3, 0.4) is 0 Å². The summed E-state index contributed by atoms with van der Waals surface area (Å²) in [4.78, 5) is 25.0. The Bertz CT molecular complexity index is 922. The van der Waals surface area contributed by atoms with E-state index in [0.717, 1.165) is 5.56 Å². The Hall–Kier alpha value is -2.45. The van der Waals surface area contributed by atoms with E-state index in [9.17, 15) is 9.59 Å². The van der Waals surface area contributed by atoms with Gasteiger partial charge in [0.25, 0.3) is 5.91 Å². The molecule has 2 atom stereocenters. The summed E-state index contributed by atoms with van der Waals surface area (Å²) < 4.78 is 17.8. The number of rotatable bonds is 8. The third-order valence-corrected chi connectivity index (χ3v) is 5.61. The summed E-state index contributed by atoms with van der Waals surface area (Å²) in [5.74, 6) is -1.23. The predicted molar refractivity (Wildman–Crippen MR) is 126 cm³/mol. The molecule has 2 aromatic carbocycles. The van der Waals surface area contributed by atoms with Crippen molar-refractivity contribution in [3.63, 3.8) is 0 Å². The average molecular weight is 475 g/mol. The maximum absolute atomic E-state index is 12.6. The summed E-state index contributed by atoms with van der Waals surface area (Å²) in [7, 11) is 0. The molecule has 2 N–H and O–H groups in total. The molecule has 0 radical (unpaired) electrons. The minimum absolute atomic E-state index is 0.0814. The van der Waals surface area contributed by atoms with E-state index in [1.165, 1.54) is 0 Å². The maximum atomic E-state index is 12.6. The highest BCUT2D eigenvalue weighted by Gasteiger charge is 2.33. The minimum atomic E-state index is -0.853. The standard InChI is InChI=1S/C25H31ClN2O5/c1-25(2)32-15-14-31-21(16-28-24(30)19-10-6-7-11-20(19)26)22(33-25)17-27-23(29)13-12-18-8-4-3-5-9-18/h3-11,21-22H,12-17H2,1-2H3,(H,27,29)(H,28,30)/t21-,22+/m1/s1. The minimum Gasteiger partial charge on any atom is -0.371 e. The van der Waals surface area contributed by atoms with Crippen molar-refractivity contribution in [3.05, 3.63) is 70.7 Å². The molecule has 7 nitrogen and oxygen atoms in total. The van der Waals surface area contributed by atoms with Gasteiger partial charge in [0.15, 0.2) is 5.79 Å². The molecule has 0 aromatic heterocycles. The quantitative estimate of drug-likeness (QED) is 0.612. The molecule has 0 spiro atoms. The predicted octanol–water partition coefficient (Wildman–Crippen LogP) is 3.36. The Morgan fingerprint density at radius 2 is 1.67 bits per heavy atom. The molecule has 0 saturated carbocycles. The van der Waals surface area contributed by atoms with Gasteiger partial charge in [-0.2, -0.15) is 0 Å². The van der Waals surface area contributed by atoms with E-state index in [4.69, 9.17) is 25.8 Å². The van der Waals surface area contributed by atoms with Gasteiger partial charge in [0, 0.05) is 19.5 Å². The second-order valence-corrected chi connectivity index (χ2v) is 8.70. The summed E-state index contributed by atoms with van der Waals surface area (Å²) in [5, 5.41) is 6.18. The van der Waals surface area contributed by atoms with Gasteiger partial charge in [-0.3, -0.25) is 9.59 Å². The Balaban J connectivity index is 1.59. The van der Waals surface area contributed by atoms with Crippen LogP contribution in [0.1, 0.15) is 36.2 Å². The molecule has 1 aliphatic rings. The highest BCUT2D eigenvalue weighted by atomic mass is 35.5. The van der Waals surface area contributed by atoms with E-state index in [-0.39, 0.29) is 24.9 Å². The Morgan fingerprint density at radius 3 is 2.42 bits per heavy atom. The van der Waals surface area contributed by atoms with E-state index in [0.29, 0.717) is 36.6 Å². The van der Waals surface area contributed by atoms with Crippen molar-refractivity contribution in [2.24, 2.45) is 0 Å². The van der Waals surface area contributed by atoms with Gasteiger partial charge in [-0.1, -0.05) is 54.1 Å². The van der Waals surface area contributed by atoms with Crippen molar-refractivity contribution in [1.29, 1.82) is 0 Å². The fourth-order valence-electron chi connectivity index (χ4n) is 3.57. The Morgan fingerprint density at radius 1 is 0.970 bits per heavy atom. The first-order chi connectivity index (χ1) is 15.8. The normalized spacial score (nSPS) is 20.3. The van der Waals surface area contributed by atoms with Gasteiger partial charge < -0.3 is 24.8 Å². The summed E-state index contributed by atoms with van der Waals surface area (Å²) in [5.41, 5.74) is 1.49. The van der Waals surface area contributed by atoms with Gasteiger partial charge in [0.2, 0.25) is 5.91 Å². The van der Waals surface area contributed by atoms with E-state index < -0.39 is 18.0 Å². The number of ether oxygens (including phenoxy) is 3. The van der Waals surface area contributed by atoms with Crippen LogP contribution in [0.15, 0.2) is 54.6 Å². The SMILES string of the molecule is CC1(C)OCCO[C@H](CNC(=O)c2ccccc2Cl)[C@H](CNC(=O)CCc2ccccc2)O1. The molecule has 8 heteroatoms. The van der Waals surface area contributed by atoms with Crippen molar-refractivity contribution >= 4 is 23.4 Å². The number of halogens is 1. The first kappa shape index (κ1) is 25.2.